The van der Waals surface area contributed by atoms with Crippen molar-refractivity contribution in [2.75, 3.05) is 70.5 Å². The molecule has 11 nitrogen and oxygen atoms in total. The Labute approximate surface area is 328 Å². The first-order chi connectivity index (χ1) is 25.5. The average Bonchev–Trinajstić information content (AvgIpc) is 3.57. The quantitative estimate of drug-likeness (QED) is 0.116. The standard InChI is InChI=1S/C40H50Br2N8O3/c1-46(2)17-7-6-8-28-11-13-31(14-12-28)47-20-22-48(23-21-47)38(51)35(26-29-24-33(41)37(43)34(42)25-29)44-39(52)49-18-15-32(16-19-49)50-27-36(45-40(50)53)30-9-4-3-5-10-30/h3-5,9-14,24-25,27,32,35H,6-8,15-23,26,43H2,1-2H3,(H,44,52)(H,45,53)/t35-/m1/s1. The molecule has 4 aromatic rings. The number of carbonyl (C=O) groups is 2. The SMILES string of the molecule is CN(C)CCCCc1ccc(N2CCN(C(=O)[C@@H](Cc3cc(Br)c(N)c(Br)c3)NC(=O)N3CCC(n4cc(-c5ccccc5)[nH]c4=O)CC3)CC2)cc1. The lowest BCUT2D eigenvalue weighted by Crippen LogP contribution is -2.57. The number of rotatable bonds is 12. The molecule has 6 rings (SSSR count). The second-order valence-corrected chi connectivity index (χ2v) is 16.1. The van der Waals surface area contributed by atoms with E-state index in [9.17, 15) is 14.4 Å². The van der Waals surface area contributed by atoms with Crippen molar-refractivity contribution in [1.29, 1.82) is 0 Å². The highest BCUT2D eigenvalue weighted by Gasteiger charge is 2.32. The molecule has 0 spiro atoms. The first-order valence-electron chi connectivity index (χ1n) is 18.5. The minimum Gasteiger partial charge on any atom is -0.397 e. The number of piperazine rings is 1. The van der Waals surface area contributed by atoms with Gasteiger partial charge in [-0.3, -0.25) is 9.36 Å². The normalized spacial score (nSPS) is 15.9. The number of hydrogen-bond donors (Lipinski definition) is 3. The minimum absolute atomic E-state index is 0.0252. The predicted molar refractivity (Wildman–Crippen MR) is 219 cm³/mol. The number of aromatic nitrogens is 2. The number of aryl methyl sites for hydroxylation is 1. The molecule has 3 aromatic carbocycles. The van der Waals surface area contributed by atoms with E-state index in [-0.39, 0.29) is 23.7 Å². The van der Waals surface area contributed by atoms with Gasteiger partial charge in [-0.1, -0.05) is 42.5 Å². The number of likely N-dealkylation sites (tertiary alicyclic amines) is 1. The number of imidazole rings is 1. The molecule has 13 heteroatoms. The van der Waals surface area contributed by atoms with Crippen LogP contribution >= 0.6 is 31.9 Å². The number of anilines is 2. The smallest absolute Gasteiger partial charge is 0.326 e. The van der Waals surface area contributed by atoms with Crippen LogP contribution in [0.25, 0.3) is 11.3 Å². The highest BCUT2D eigenvalue weighted by atomic mass is 79.9. The molecule has 0 radical (unpaired) electrons. The first kappa shape index (κ1) is 38.6. The highest BCUT2D eigenvalue weighted by molar-refractivity contribution is 9.11. The zero-order chi connectivity index (χ0) is 37.5. The van der Waals surface area contributed by atoms with Crippen LogP contribution in [0.5, 0.6) is 0 Å². The van der Waals surface area contributed by atoms with Crippen molar-refractivity contribution in [3.05, 3.63) is 103 Å². The summed E-state index contributed by atoms with van der Waals surface area (Å²) in [6.07, 6.45) is 6.89. The number of benzene rings is 3. The van der Waals surface area contributed by atoms with E-state index in [1.54, 1.807) is 9.47 Å². The molecule has 3 heterocycles. The van der Waals surface area contributed by atoms with Crippen LogP contribution in [0, 0.1) is 0 Å². The number of nitrogen functional groups attached to an aromatic ring is 1. The average molecular weight is 851 g/mol. The van der Waals surface area contributed by atoms with Gasteiger partial charge < -0.3 is 35.6 Å². The number of halogens is 2. The lowest BCUT2D eigenvalue weighted by Gasteiger charge is -2.38. The van der Waals surface area contributed by atoms with Crippen molar-refractivity contribution in [3.63, 3.8) is 0 Å². The predicted octanol–water partition coefficient (Wildman–Crippen LogP) is 6.14. The molecule has 0 unspecified atom stereocenters. The van der Waals surface area contributed by atoms with Crippen LogP contribution in [0.3, 0.4) is 0 Å². The number of hydrogen-bond acceptors (Lipinski definition) is 6. The molecular weight excluding hydrogens is 800 g/mol. The van der Waals surface area contributed by atoms with Crippen LogP contribution in [0.4, 0.5) is 16.2 Å². The zero-order valence-electron chi connectivity index (χ0n) is 30.6. The summed E-state index contributed by atoms with van der Waals surface area (Å²) in [5, 5.41) is 3.10. The fourth-order valence-corrected chi connectivity index (χ4v) is 8.54. The number of unbranched alkanes of at least 4 members (excludes halogenated alkanes) is 1. The fraction of sp³-hybridized carbons (Fsp3) is 0.425. The maximum Gasteiger partial charge on any atom is 0.326 e. The number of piperidine rings is 1. The van der Waals surface area contributed by atoms with Gasteiger partial charge in [0.05, 0.1) is 11.4 Å². The third-order valence-corrected chi connectivity index (χ3v) is 11.7. The third kappa shape index (κ3) is 9.93. The monoisotopic (exact) mass is 848 g/mol. The summed E-state index contributed by atoms with van der Waals surface area (Å²) < 4.78 is 3.21. The van der Waals surface area contributed by atoms with Gasteiger partial charge in [0.1, 0.15) is 6.04 Å². The summed E-state index contributed by atoms with van der Waals surface area (Å²) in [6.45, 7) is 4.61. The molecule has 0 saturated carbocycles. The van der Waals surface area contributed by atoms with E-state index in [1.165, 1.54) is 18.4 Å². The Morgan fingerprint density at radius 2 is 1.55 bits per heavy atom. The van der Waals surface area contributed by atoms with Crippen LogP contribution in [-0.2, 0) is 17.6 Å². The van der Waals surface area contributed by atoms with E-state index in [1.807, 2.05) is 53.6 Å². The molecule has 282 valence electrons. The molecule has 0 bridgehead atoms. The highest BCUT2D eigenvalue weighted by Crippen LogP contribution is 2.31. The van der Waals surface area contributed by atoms with Gasteiger partial charge in [-0.2, -0.15) is 0 Å². The van der Waals surface area contributed by atoms with E-state index in [2.05, 4.69) is 90.3 Å². The van der Waals surface area contributed by atoms with E-state index in [0.29, 0.717) is 64.2 Å². The van der Waals surface area contributed by atoms with Gasteiger partial charge in [-0.25, -0.2) is 9.59 Å². The molecule has 2 saturated heterocycles. The second-order valence-electron chi connectivity index (χ2n) is 14.4. The van der Waals surface area contributed by atoms with Crippen LogP contribution in [0.1, 0.15) is 42.9 Å². The Kier molecular flexibility index (Phi) is 13.0. The summed E-state index contributed by atoms with van der Waals surface area (Å²) in [5.74, 6) is -0.0997. The first-order valence-corrected chi connectivity index (χ1v) is 20.1. The van der Waals surface area contributed by atoms with Crippen molar-refractivity contribution < 1.29 is 9.59 Å². The number of amides is 3. The van der Waals surface area contributed by atoms with Gasteiger partial charge >= 0.3 is 11.7 Å². The van der Waals surface area contributed by atoms with Crippen molar-refractivity contribution >= 4 is 55.2 Å². The molecule has 53 heavy (non-hydrogen) atoms. The maximum atomic E-state index is 14.2. The number of carbonyl (C=O) groups excluding carboxylic acids is 2. The van der Waals surface area contributed by atoms with Gasteiger partial charge in [0, 0.05) is 72.6 Å². The van der Waals surface area contributed by atoms with Crippen LogP contribution in [0.2, 0.25) is 0 Å². The van der Waals surface area contributed by atoms with Crippen molar-refractivity contribution in [2.24, 2.45) is 0 Å². The Balaban J connectivity index is 1.07. The van der Waals surface area contributed by atoms with E-state index >= 15 is 0 Å². The van der Waals surface area contributed by atoms with Crippen molar-refractivity contribution in [1.82, 2.24) is 29.6 Å². The topological polar surface area (TPSA) is 123 Å². The Morgan fingerprint density at radius 3 is 2.19 bits per heavy atom. The Hall–Kier alpha value is -4.07. The fourth-order valence-electron chi connectivity index (χ4n) is 7.26. The third-order valence-electron chi connectivity index (χ3n) is 10.4. The lowest BCUT2D eigenvalue weighted by molar-refractivity contribution is -0.133. The van der Waals surface area contributed by atoms with Gasteiger partial charge in [-0.05, 0) is 126 Å². The molecule has 1 aromatic heterocycles. The largest absolute Gasteiger partial charge is 0.397 e. The molecule has 1 atom stereocenters. The second kappa shape index (κ2) is 17.8. The molecule has 2 aliphatic heterocycles. The summed E-state index contributed by atoms with van der Waals surface area (Å²) in [4.78, 5) is 52.0. The van der Waals surface area contributed by atoms with Crippen molar-refractivity contribution in [3.8, 4) is 11.3 Å². The number of nitrogens with two attached hydrogens (primary N) is 1. The molecule has 4 N–H and O–H groups in total. The lowest BCUT2D eigenvalue weighted by atomic mass is 10.0. The van der Waals surface area contributed by atoms with Gasteiger partial charge in [-0.15, -0.1) is 0 Å². The number of nitrogens with zero attached hydrogens (tertiary/aromatic N) is 5. The number of nitrogens with one attached hydrogen (secondary N) is 2. The summed E-state index contributed by atoms with van der Waals surface area (Å²) >= 11 is 7.07. The molecule has 2 fully saturated rings. The number of urea groups is 1. The summed E-state index contributed by atoms with van der Waals surface area (Å²) in [5.41, 5.74) is 11.7. The minimum atomic E-state index is -0.762. The Bertz CT molecular complexity index is 1870. The number of aromatic amines is 1. The van der Waals surface area contributed by atoms with E-state index in [4.69, 9.17) is 5.73 Å². The summed E-state index contributed by atoms with van der Waals surface area (Å²) in [6, 6.07) is 21.3. The van der Waals surface area contributed by atoms with E-state index < -0.39 is 6.04 Å². The van der Waals surface area contributed by atoms with Gasteiger partial charge in [0.15, 0.2) is 0 Å². The van der Waals surface area contributed by atoms with Crippen LogP contribution < -0.4 is 21.6 Å². The maximum absolute atomic E-state index is 14.2. The van der Waals surface area contributed by atoms with E-state index in [0.717, 1.165) is 44.4 Å². The molecular formula is C40H50Br2N8O3. The zero-order valence-corrected chi connectivity index (χ0v) is 33.7. The molecule has 2 aliphatic rings. The molecule has 0 aliphatic carbocycles. The van der Waals surface area contributed by atoms with Gasteiger partial charge in [0.2, 0.25) is 5.91 Å². The molecule has 3 amide bonds. The number of H-pyrrole nitrogens is 1. The van der Waals surface area contributed by atoms with Gasteiger partial charge in [0.25, 0.3) is 0 Å². The Morgan fingerprint density at radius 1 is 0.887 bits per heavy atom. The summed E-state index contributed by atoms with van der Waals surface area (Å²) in [7, 11) is 4.22. The van der Waals surface area contributed by atoms with Crippen molar-refractivity contribution in [2.45, 2.75) is 50.6 Å². The van der Waals surface area contributed by atoms with Crippen LogP contribution in [0.15, 0.2) is 86.7 Å². The van der Waals surface area contributed by atoms with Crippen LogP contribution in [-0.4, -0.2) is 102 Å².